The first-order valence-electron chi connectivity index (χ1n) is 27.6. The fraction of sp³-hybridized carbons (Fsp3) is 0.500. The second-order valence-electron chi connectivity index (χ2n) is 22.1. The van der Waals surface area contributed by atoms with Crippen molar-refractivity contribution >= 4 is 30.1 Å². The Kier molecular flexibility index (Phi) is 14.8. The van der Waals surface area contributed by atoms with Crippen LogP contribution in [-0.2, 0) is 36.9 Å². The first-order valence-corrected chi connectivity index (χ1v) is 27.6. The number of nitrogens with zero attached hydrogens (tertiary/aromatic N) is 5. The minimum absolute atomic E-state index is 0.0879. The number of nitrogens with one attached hydrogen (secondary N) is 4. The first kappa shape index (κ1) is 51.5. The van der Waals surface area contributed by atoms with Gasteiger partial charge in [0.1, 0.15) is 42.0 Å². The molecular weight excluding hydrogens is 983 g/mol. The molecule has 5 atom stereocenters. The van der Waals surface area contributed by atoms with Crippen molar-refractivity contribution in [1.29, 1.82) is 0 Å². The number of aromatic nitrogens is 4. The van der Waals surface area contributed by atoms with E-state index in [-0.39, 0.29) is 55.2 Å². The molecule has 6 aliphatic rings. The molecule has 6 heterocycles. The van der Waals surface area contributed by atoms with E-state index in [0.717, 1.165) is 109 Å². The Balaban J connectivity index is 0.751. The lowest BCUT2D eigenvalue weighted by atomic mass is 10.0. The van der Waals surface area contributed by atoms with Crippen LogP contribution < -0.4 is 20.1 Å². The number of imidazole rings is 2. The number of H-pyrrole nitrogens is 2. The first-order chi connectivity index (χ1) is 37.3. The number of amides is 5. The molecule has 2 aliphatic carbocycles. The monoisotopic (exact) mass is 1050 g/mol. The number of fused-ring (bicyclic) bond motifs is 2. The van der Waals surface area contributed by atoms with Crippen LogP contribution >= 0.6 is 0 Å². The third kappa shape index (κ3) is 11.2. The molecule has 19 heteroatoms. The van der Waals surface area contributed by atoms with E-state index < -0.39 is 42.5 Å². The van der Waals surface area contributed by atoms with Gasteiger partial charge >= 0.3 is 18.3 Å². The Morgan fingerprint density at radius 1 is 0.636 bits per heavy atom. The summed E-state index contributed by atoms with van der Waals surface area (Å²) in [5, 5.41) is 5.74. The summed E-state index contributed by atoms with van der Waals surface area (Å²) in [6.07, 6.45) is 10.4. The molecule has 0 unspecified atom stereocenters. The lowest BCUT2D eigenvalue weighted by molar-refractivity contribution is -0.136. The number of alkyl carbamates (subject to hydrolysis) is 2. The average Bonchev–Trinajstić information content (AvgIpc) is 4.27. The van der Waals surface area contributed by atoms with E-state index in [1.54, 1.807) is 16.0 Å². The molecule has 2 saturated heterocycles. The van der Waals surface area contributed by atoms with Gasteiger partial charge in [-0.15, -0.1) is 0 Å². The molecule has 0 spiro atoms. The highest BCUT2D eigenvalue weighted by Crippen LogP contribution is 2.40. The number of carbonyl (C=O) groups excluding carboxylic acids is 5. The predicted molar refractivity (Wildman–Crippen MR) is 283 cm³/mol. The quantitative estimate of drug-likeness (QED) is 0.0764. The molecule has 406 valence electrons. The van der Waals surface area contributed by atoms with Gasteiger partial charge in [-0.05, 0) is 116 Å². The molecule has 3 aromatic carbocycles. The Hall–Kier alpha value is -7.57. The van der Waals surface area contributed by atoms with Crippen LogP contribution in [0.1, 0.15) is 133 Å². The summed E-state index contributed by atoms with van der Waals surface area (Å²) >= 11 is 0. The van der Waals surface area contributed by atoms with Gasteiger partial charge in [0.15, 0.2) is 11.5 Å². The predicted octanol–water partition coefficient (Wildman–Crippen LogP) is 9.71. The van der Waals surface area contributed by atoms with E-state index in [4.69, 9.17) is 33.7 Å². The molecular formula is C58H69N9O10. The van der Waals surface area contributed by atoms with Crippen LogP contribution in [-0.4, -0.2) is 115 Å². The number of rotatable bonds is 14. The highest BCUT2D eigenvalue weighted by Gasteiger charge is 2.44. The maximum atomic E-state index is 14.6. The van der Waals surface area contributed by atoms with Crippen molar-refractivity contribution in [3.05, 3.63) is 95.8 Å². The molecule has 77 heavy (non-hydrogen) atoms. The van der Waals surface area contributed by atoms with E-state index in [1.165, 1.54) is 0 Å². The van der Waals surface area contributed by atoms with Crippen LogP contribution in [0.15, 0.2) is 73.1 Å². The lowest BCUT2D eigenvalue weighted by Gasteiger charge is -2.30. The minimum atomic E-state index is -0.889. The molecule has 4 N–H and O–H groups in total. The molecule has 19 nitrogen and oxygen atoms in total. The van der Waals surface area contributed by atoms with Crippen molar-refractivity contribution < 1.29 is 47.7 Å². The highest BCUT2D eigenvalue weighted by molar-refractivity contribution is 5.87. The van der Waals surface area contributed by atoms with Crippen LogP contribution in [0.3, 0.4) is 0 Å². The van der Waals surface area contributed by atoms with Gasteiger partial charge < -0.3 is 54.1 Å². The summed E-state index contributed by atoms with van der Waals surface area (Å²) in [7, 11) is 0. The average molecular weight is 1050 g/mol. The zero-order valence-corrected chi connectivity index (χ0v) is 44.3. The summed E-state index contributed by atoms with van der Waals surface area (Å²) in [6.45, 7) is 9.21. The van der Waals surface area contributed by atoms with Crippen LogP contribution in [0.25, 0.3) is 33.6 Å². The highest BCUT2D eigenvalue weighted by atomic mass is 16.7. The largest absolute Gasteiger partial charge is 0.454 e. The number of carbonyl (C=O) groups is 5. The molecule has 5 amide bonds. The van der Waals surface area contributed by atoms with Gasteiger partial charge in [-0.2, -0.15) is 0 Å². The van der Waals surface area contributed by atoms with Gasteiger partial charge in [-0.1, -0.05) is 76.2 Å². The summed E-state index contributed by atoms with van der Waals surface area (Å²) in [6, 6.07) is 17.7. The van der Waals surface area contributed by atoms with Crippen LogP contribution in [0, 0.1) is 11.8 Å². The molecule has 0 radical (unpaired) electrons. The Morgan fingerprint density at radius 3 is 1.75 bits per heavy atom. The van der Waals surface area contributed by atoms with Crippen molar-refractivity contribution in [3.8, 4) is 45.1 Å². The maximum absolute atomic E-state index is 14.6. The molecule has 4 fully saturated rings. The lowest BCUT2D eigenvalue weighted by Crippen LogP contribution is -2.52. The van der Waals surface area contributed by atoms with Gasteiger partial charge in [0, 0.05) is 37.8 Å². The van der Waals surface area contributed by atoms with Crippen LogP contribution in [0.2, 0.25) is 0 Å². The minimum Gasteiger partial charge on any atom is -0.454 e. The molecule has 2 saturated carbocycles. The summed E-state index contributed by atoms with van der Waals surface area (Å²) in [5.41, 5.74) is 7.28. The van der Waals surface area contributed by atoms with Crippen molar-refractivity contribution in [2.75, 3.05) is 19.9 Å². The number of hydrogen-bond donors (Lipinski definition) is 4. The molecule has 2 aromatic heterocycles. The fourth-order valence-electron chi connectivity index (χ4n) is 11.8. The topological polar surface area (TPSA) is 223 Å². The summed E-state index contributed by atoms with van der Waals surface area (Å²) in [5.74, 6) is 1.73. The number of likely N-dealkylation sites (tertiary alicyclic amines) is 2. The maximum Gasteiger partial charge on any atom is 0.410 e. The van der Waals surface area contributed by atoms with E-state index in [0.29, 0.717) is 49.2 Å². The molecule has 5 aromatic rings. The van der Waals surface area contributed by atoms with Gasteiger partial charge in [0.05, 0.1) is 36.2 Å². The number of ether oxygens (including phenoxy) is 5. The number of aromatic amines is 2. The van der Waals surface area contributed by atoms with Crippen molar-refractivity contribution in [3.63, 3.8) is 0 Å². The van der Waals surface area contributed by atoms with Gasteiger partial charge in [0.2, 0.25) is 18.6 Å². The van der Waals surface area contributed by atoms with Gasteiger partial charge in [0.25, 0.3) is 0 Å². The van der Waals surface area contributed by atoms with E-state index in [9.17, 15) is 24.0 Å². The molecule has 4 aliphatic heterocycles. The molecule has 0 bridgehead atoms. The second kappa shape index (κ2) is 22.2. The third-order valence-corrected chi connectivity index (χ3v) is 16.1. The third-order valence-electron chi connectivity index (χ3n) is 16.1. The van der Waals surface area contributed by atoms with E-state index in [2.05, 4.69) is 32.7 Å². The van der Waals surface area contributed by atoms with Gasteiger partial charge in [-0.25, -0.2) is 24.4 Å². The Morgan fingerprint density at radius 2 is 1.18 bits per heavy atom. The standard InChI is InChI=1S/C58H69N9O10/c1-33(2)50(63-56(70)75-41-10-5-6-11-41)54(68)66-23-9-14-46(66)52-59-27-44(61-52)37-19-15-35(16-20-37)36-17-21-38(22-18-36)45-28-60-53(62-45)47-26-43(77-58(72)65-29-39-24-48-49(74-32-73-48)25-40(39)30-65)31-67(47)55(69)51(34(3)4)64-57(71)76-42-12-7-8-13-42/h15-22,24-25,27-28,33-34,41-43,46-47,50-51H,5-14,23,26,29-32H2,1-4H3,(H,59,61)(H,60,62)(H,63,70)(H,64,71)/t43-,46+,47+,50+,51+/m1/s1. The zero-order valence-electron chi connectivity index (χ0n) is 44.3. The fourth-order valence-corrected chi connectivity index (χ4v) is 11.8. The van der Waals surface area contributed by atoms with E-state index in [1.807, 2.05) is 87.3 Å². The van der Waals surface area contributed by atoms with E-state index >= 15 is 0 Å². The van der Waals surface area contributed by atoms with Crippen molar-refractivity contribution in [2.24, 2.45) is 11.8 Å². The number of hydrogen-bond acceptors (Lipinski definition) is 12. The van der Waals surface area contributed by atoms with Crippen molar-refractivity contribution in [1.82, 2.24) is 45.3 Å². The molecule has 11 rings (SSSR count). The smallest absolute Gasteiger partial charge is 0.410 e. The van der Waals surface area contributed by atoms with Crippen LogP contribution in [0.5, 0.6) is 11.5 Å². The summed E-state index contributed by atoms with van der Waals surface area (Å²) < 4.78 is 28.6. The number of benzene rings is 3. The van der Waals surface area contributed by atoms with Crippen LogP contribution in [0.4, 0.5) is 14.4 Å². The second-order valence-corrected chi connectivity index (χ2v) is 22.1. The Labute approximate surface area is 448 Å². The zero-order chi connectivity index (χ0) is 53.3. The SMILES string of the molecule is CC(C)[C@H](NC(=O)OC1CCCC1)C(=O)N1CCC[C@H]1c1nc(-c2ccc(-c3ccc(-c4cnc([C@@H]5C[C@@H](OC(=O)N6Cc7cc8c(cc7C6)OCO8)CN5C(=O)[C@@H](NC(=O)OC5CCCC5)C(C)C)[nH]4)cc3)cc2)c[nH]1. The summed E-state index contributed by atoms with van der Waals surface area (Å²) in [4.78, 5) is 90.1. The Bertz CT molecular complexity index is 2930. The van der Waals surface area contributed by atoms with Gasteiger partial charge in [-0.3, -0.25) is 14.5 Å². The normalized spacial score (nSPS) is 21.0. The van der Waals surface area contributed by atoms with Crippen molar-refractivity contribution in [2.45, 2.75) is 154 Å².